The van der Waals surface area contributed by atoms with Gasteiger partial charge >= 0.3 is 5.97 Å². The van der Waals surface area contributed by atoms with Crippen molar-refractivity contribution in [1.29, 1.82) is 0 Å². The number of benzene rings is 1. The number of aromatic nitrogens is 3. The first kappa shape index (κ1) is 15.1. The van der Waals surface area contributed by atoms with Gasteiger partial charge in [0.2, 0.25) is 5.16 Å². The second-order valence-electron chi connectivity index (χ2n) is 4.27. The molecule has 2 rings (SSSR count). The lowest BCUT2D eigenvalue weighted by molar-refractivity contribution is -0.144. The van der Waals surface area contributed by atoms with Gasteiger partial charge in [0.05, 0.1) is 11.9 Å². The monoisotopic (exact) mass is 355 g/mol. The van der Waals surface area contributed by atoms with Gasteiger partial charge in [-0.25, -0.2) is 4.98 Å². The van der Waals surface area contributed by atoms with Crippen LogP contribution in [0.25, 0.3) is 11.4 Å². The summed E-state index contributed by atoms with van der Waals surface area (Å²) < 4.78 is 5.99. The summed E-state index contributed by atoms with van der Waals surface area (Å²) in [7, 11) is 0. The van der Waals surface area contributed by atoms with E-state index in [1.165, 1.54) is 11.8 Å². The molecule has 0 radical (unpaired) electrons. The molecule has 0 amide bonds. The minimum absolute atomic E-state index is 0.105. The predicted molar refractivity (Wildman–Crippen MR) is 81.5 cm³/mol. The number of hydrogen-bond donors (Lipinski definition) is 1. The van der Waals surface area contributed by atoms with Gasteiger partial charge in [-0.05, 0) is 19.9 Å². The fraction of sp³-hybridized carbons (Fsp3) is 0.308. The van der Waals surface area contributed by atoms with E-state index in [0.29, 0.717) is 11.0 Å². The molecule has 1 heterocycles. The van der Waals surface area contributed by atoms with Gasteiger partial charge in [0.1, 0.15) is 0 Å². The maximum absolute atomic E-state index is 11.4. The Balaban J connectivity index is 2.00. The van der Waals surface area contributed by atoms with Crippen LogP contribution in [0.1, 0.15) is 13.8 Å². The van der Waals surface area contributed by atoms with Crippen molar-refractivity contribution in [2.75, 3.05) is 5.75 Å². The molecule has 0 unspecified atom stereocenters. The van der Waals surface area contributed by atoms with E-state index in [1.54, 1.807) is 0 Å². The lowest BCUT2D eigenvalue weighted by Crippen LogP contribution is -2.13. The van der Waals surface area contributed by atoms with Crippen LogP contribution in [0.3, 0.4) is 0 Å². The fourth-order valence-electron chi connectivity index (χ4n) is 1.51. The quantitative estimate of drug-likeness (QED) is 0.658. The highest BCUT2D eigenvalue weighted by Crippen LogP contribution is 2.26. The minimum atomic E-state index is -0.266. The summed E-state index contributed by atoms with van der Waals surface area (Å²) >= 11 is 4.71. The minimum Gasteiger partial charge on any atom is -0.462 e. The number of rotatable bonds is 5. The maximum atomic E-state index is 11.4. The average molecular weight is 356 g/mol. The van der Waals surface area contributed by atoms with Gasteiger partial charge in [-0.3, -0.25) is 9.89 Å². The number of ether oxygens (including phenoxy) is 1. The molecule has 2 aromatic rings. The van der Waals surface area contributed by atoms with E-state index in [0.717, 1.165) is 10.0 Å². The lowest BCUT2D eigenvalue weighted by Gasteiger charge is -2.05. The van der Waals surface area contributed by atoms with Gasteiger partial charge in [0.15, 0.2) is 5.82 Å². The van der Waals surface area contributed by atoms with Crippen molar-refractivity contribution in [3.8, 4) is 11.4 Å². The van der Waals surface area contributed by atoms with Crippen LogP contribution in [0.5, 0.6) is 0 Å². The molecular formula is C13H14BrN3O2S. The Kier molecular flexibility index (Phi) is 5.19. The number of hydrogen-bond acceptors (Lipinski definition) is 5. The average Bonchev–Trinajstić information content (AvgIpc) is 2.85. The zero-order valence-corrected chi connectivity index (χ0v) is 13.5. The molecule has 0 saturated heterocycles. The van der Waals surface area contributed by atoms with Crippen LogP contribution in [0.2, 0.25) is 0 Å². The number of H-pyrrole nitrogens is 1. The Morgan fingerprint density at radius 3 is 2.90 bits per heavy atom. The van der Waals surface area contributed by atoms with Gasteiger partial charge in [0.25, 0.3) is 0 Å². The first-order chi connectivity index (χ1) is 9.56. The number of nitrogens with zero attached hydrogens (tertiary/aromatic N) is 2. The van der Waals surface area contributed by atoms with Gasteiger partial charge in [-0.2, -0.15) is 0 Å². The van der Waals surface area contributed by atoms with Crippen molar-refractivity contribution in [3.05, 3.63) is 28.7 Å². The number of carbonyl (C=O) groups is 1. The zero-order chi connectivity index (χ0) is 14.5. The zero-order valence-electron chi connectivity index (χ0n) is 11.1. The van der Waals surface area contributed by atoms with E-state index < -0.39 is 0 Å². The first-order valence-corrected chi connectivity index (χ1v) is 7.83. The second kappa shape index (κ2) is 6.90. The first-order valence-electron chi connectivity index (χ1n) is 6.06. The number of carbonyl (C=O) groups excluding carboxylic acids is 1. The van der Waals surface area contributed by atoms with Crippen LogP contribution < -0.4 is 0 Å². The molecule has 106 valence electrons. The molecular weight excluding hydrogens is 342 g/mol. The van der Waals surface area contributed by atoms with Crippen molar-refractivity contribution in [1.82, 2.24) is 15.2 Å². The SMILES string of the molecule is CC(C)OC(=O)CSc1n[nH]c(-c2ccccc2Br)n1. The molecule has 0 aliphatic rings. The molecule has 7 heteroatoms. The van der Waals surface area contributed by atoms with Crippen LogP contribution >= 0.6 is 27.7 Å². The summed E-state index contributed by atoms with van der Waals surface area (Å²) in [5, 5.41) is 7.47. The van der Waals surface area contributed by atoms with Gasteiger partial charge in [-0.1, -0.05) is 45.9 Å². The number of aromatic amines is 1. The molecule has 0 aliphatic heterocycles. The van der Waals surface area contributed by atoms with Crippen molar-refractivity contribution in [2.45, 2.75) is 25.1 Å². The van der Waals surface area contributed by atoms with Gasteiger partial charge < -0.3 is 4.74 Å². The predicted octanol–water partition coefficient (Wildman–Crippen LogP) is 3.28. The molecule has 1 aromatic carbocycles. The van der Waals surface area contributed by atoms with Gasteiger partial charge in [0, 0.05) is 10.0 Å². The molecule has 0 fully saturated rings. The Hall–Kier alpha value is -1.34. The molecule has 1 N–H and O–H groups in total. The highest BCUT2D eigenvalue weighted by atomic mass is 79.9. The Morgan fingerprint density at radius 2 is 2.20 bits per heavy atom. The molecule has 1 aromatic heterocycles. The second-order valence-corrected chi connectivity index (χ2v) is 6.07. The molecule has 0 atom stereocenters. The Bertz CT molecular complexity index is 601. The van der Waals surface area contributed by atoms with Crippen LogP contribution in [0, 0.1) is 0 Å². The number of halogens is 1. The summed E-state index contributed by atoms with van der Waals surface area (Å²) in [6, 6.07) is 7.73. The number of nitrogens with one attached hydrogen (secondary N) is 1. The van der Waals surface area contributed by atoms with E-state index in [4.69, 9.17) is 4.74 Å². The molecule has 0 saturated carbocycles. The third-order valence-electron chi connectivity index (χ3n) is 2.28. The van der Waals surface area contributed by atoms with E-state index >= 15 is 0 Å². The molecule has 20 heavy (non-hydrogen) atoms. The van der Waals surface area contributed by atoms with E-state index in [1.807, 2.05) is 38.1 Å². The number of thioether (sulfide) groups is 1. The summed E-state index contributed by atoms with van der Waals surface area (Å²) in [5.41, 5.74) is 0.927. The van der Waals surface area contributed by atoms with E-state index in [2.05, 4.69) is 31.1 Å². The van der Waals surface area contributed by atoms with Crippen molar-refractivity contribution in [2.24, 2.45) is 0 Å². The standard InChI is InChI=1S/C13H14BrN3O2S/c1-8(2)19-11(18)7-20-13-15-12(16-17-13)9-5-3-4-6-10(9)14/h3-6,8H,7H2,1-2H3,(H,15,16,17). The summed E-state index contributed by atoms with van der Waals surface area (Å²) in [6.07, 6.45) is -0.105. The summed E-state index contributed by atoms with van der Waals surface area (Å²) in [5.74, 6) is 0.597. The molecule has 5 nitrogen and oxygen atoms in total. The maximum Gasteiger partial charge on any atom is 0.316 e. The highest BCUT2D eigenvalue weighted by Gasteiger charge is 2.11. The lowest BCUT2D eigenvalue weighted by atomic mass is 10.2. The Labute approximate surface area is 129 Å². The van der Waals surface area contributed by atoms with Crippen molar-refractivity contribution < 1.29 is 9.53 Å². The van der Waals surface area contributed by atoms with Crippen LogP contribution in [-0.2, 0) is 9.53 Å². The molecule has 0 spiro atoms. The fourth-order valence-corrected chi connectivity index (χ4v) is 2.56. The largest absolute Gasteiger partial charge is 0.462 e. The Morgan fingerprint density at radius 1 is 1.45 bits per heavy atom. The van der Waals surface area contributed by atoms with Crippen LogP contribution in [-0.4, -0.2) is 33.0 Å². The number of esters is 1. The topological polar surface area (TPSA) is 67.9 Å². The smallest absolute Gasteiger partial charge is 0.316 e. The summed E-state index contributed by atoms with van der Waals surface area (Å²) in [6.45, 7) is 3.64. The normalized spacial score (nSPS) is 10.8. The van der Waals surface area contributed by atoms with Gasteiger partial charge in [-0.15, -0.1) is 5.10 Å². The summed E-state index contributed by atoms with van der Waals surface area (Å²) in [4.78, 5) is 15.8. The van der Waals surface area contributed by atoms with E-state index in [9.17, 15) is 4.79 Å². The van der Waals surface area contributed by atoms with Crippen molar-refractivity contribution in [3.63, 3.8) is 0 Å². The molecule has 0 aliphatic carbocycles. The van der Waals surface area contributed by atoms with Crippen LogP contribution in [0.4, 0.5) is 0 Å². The highest BCUT2D eigenvalue weighted by molar-refractivity contribution is 9.10. The van der Waals surface area contributed by atoms with Crippen molar-refractivity contribution >= 4 is 33.7 Å². The van der Waals surface area contributed by atoms with E-state index in [-0.39, 0.29) is 17.8 Å². The van der Waals surface area contributed by atoms with Crippen LogP contribution in [0.15, 0.2) is 33.9 Å². The third kappa shape index (κ3) is 4.08. The molecule has 0 bridgehead atoms. The third-order valence-corrected chi connectivity index (χ3v) is 3.79.